The standard InChI is InChI=1S/C11H14BrNO6S/c1-19-10-3-2-7(6-8(10)12)20(17,18)13-5-4-9(14)11(15)16/h2-3,6,9,13-14H,4-5H2,1H3,(H,15,16). The number of sulfonamides is 1. The zero-order valence-corrected chi connectivity index (χ0v) is 12.9. The Bertz CT molecular complexity index is 589. The topological polar surface area (TPSA) is 113 Å². The van der Waals surface area contributed by atoms with Crippen LogP contribution in [0.2, 0.25) is 0 Å². The number of methoxy groups -OCH3 is 1. The fourth-order valence-electron chi connectivity index (χ4n) is 1.35. The van der Waals surface area contributed by atoms with Gasteiger partial charge >= 0.3 is 5.97 Å². The van der Waals surface area contributed by atoms with Gasteiger partial charge in [0, 0.05) is 6.54 Å². The van der Waals surface area contributed by atoms with Crippen molar-refractivity contribution < 1.29 is 28.2 Å². The van der Waals surface area contributed by atoms with Gasteiger partial charge in [0.1, 0.15) is 5.75 Å². The zero-order chi connectivity index (χ0) is 15.3. The average molecular weight is 368 g/mol. The van der Waals surface area contributed by atoms with Crippen LogP contribution in [-0.4, -0.2) is 44.4 Å². The molecular weight excluding hydrogens is 354 g/mol. The summed E-state index contributed by atoms with van der Waals surface area (Å²) in [5.41, 5.74) is 0. The summed E-state index contributed by atoms with van der Waals surface area (Å²) in [7, 11) is -2.31. The van der Waals surface area contributed by atoms with Gasteiger partial charge in [-0.1, -0.05) is 0 Å². The van der Waals surface area contributed by atoms with E-state index in [1.165, 1.54) is 25.3 Å². The van der Waals surface area contributed by atoms with Gasteiger partial charge in [0.05, 0.1) is 16.5 Å². The Kier molecular flexibility index (Phi) is 5.93. The highest BCUT2D eigenvalue weighted by Gasteiger charge is 2.18. The second-order valence-electron chi connectivity index (χ2n) is 3.84. The average Bonchev–Trinajstić information content (AvgIpc) is 2.38. The number of aliphatic carboxylic acids is 1. The van der Waals surface area contributed by atoms with Gasteiger partial charge in [-0.05, 0) is 40.5 Å². The van der Waals surface area contributed by atoms with Crippen molar-refractivity contribution in [2.24, 2.45) is 0 Å². The lowest BCUT2D eigenvalue weighted by molar-refractivity contribution is -0.146. The second-order valence-corrected chi connectivity index (χ2v) is 6.46. The van der Waals surface area contributed by atoms with Crippen LogP contribution in [0.1, 0.15) is 6.42 Å². The molecule has 1 atom stereocenters. The molecule has 0 bridgehead atoms. The number of ether oxygens (including phenoxy) is 1. The fraction of sp³-hybridized carbons (Fsp3) is 0.364. The van der Waals surface area contributed by atoms with Crippen LogP contribution in [0.3, 0.4) is 0 Å². The lowest BCUT2D eigenvalue weighted by atomic mass is 10.3. The molecule has 7 nitrogen and oxygen atoms in total. The van der Waals surface area contributed by atoms with Crippen molar-refractivity contribution in [3.8, 4) is 5.75 Å². The molecule has 1 aromatic rings. The minimum atomic E-state index is -3.77. The van der Waals surface area contributed by atoms with Crippen molar-refractivity contribution >= 4 is 31.9 Å². The number of nitrogens with one attached hydrogen (secondary N) is 1. The van der Waals surface area contributed by atoms with E-state index in [1.54, 1.807) is 0 Å². The van der Waals surface area contributed by atoms with Gasteiger partial charge in [0.15, 0.2) is 6.10 Å². The third-order valence-electron chi connectivity index (χ3n) is 2.43. The number of carboxylic acid groups (broad SMARTS) is 1. The van der Waals surface area contributed by atoms with Crippen molar-refractivity contribution in [1.29, 1.82) is 0 Å². The Hall–Kier alpha value is -1.16. The largest absolute Gasteiger partial charge is 0.496 e. The van der Waals surface area contributed by atoms with Crippen LogP contribution < -0.4 is 9.46 Å². The van der Waals surface area contributed by atoms with Crippen molar-refractivity contribution in [3.63, 3.8) is 0 Å². The van der Waals surface area contributed by atoms with Crippen LogP contribution in [0, 0.1) is 0 Å². The highest BCUT2D eigenvalue weighted by Crippen LogP contribution is 2.27. The Balaban J connectivity index is 2.74. The normalized spacial score (nSPS) is 12.9. The second kappa shape index (κ2) is 7.02. The molecule has 0 aromatic heterocycles. The monoisotopic (exact) mass is 367 g/mol. The van der Waals surface area contributed by atoms with Crippen molar-refractivity contribution in [3.05, 3.63) is 22.7 Å². The number of carbonyl (C=O) groups is 1. The number of carboxylic acids is 1. The minimum Gasteiger partial charge on any atom is -0.496 e. The van der Waals surface area contributed by atoms with E-state index in [-0.39, 0.29) is 17.9 Å². The summed E-state index contributed by atoms with van der Waals surface area (Å²) >= 11 is 3.18. The predicted molar refractivity (Wildman–Crippen MR) is 74.1 cm³/mol. The molecule has 20 heavy (non-hydrogen) atoms. The number of hydrogen-bond acceptors (Lipinski definition) is 5. The maximum absolute atomic E-state index is 11.9. The smallest absolute Gasteiger partial charge is 0.332 e. The first-order valence-corrected chi connectivity index (χ1v) is 7.79. The van der Waals surface area contributed by atoms with Gasteiger partial charge in [0.2, 0.25) is 10.0 Å². The molecule has 0 heterocycles. The molecule has 9 heteroatoms. The van der Waals surface area contributed by atoms with Crippen LogP contribution in [0.15, 0.2) is 27.6 Å². The van der Waals surface area contributed by atoms with Gasteiger partial charge in [-0.2, -0.15) is 0 Å². The summed E-state index contributed by atoms with van der Waals surface area (Å²) in [5, 5.41) is 17.5. The van der Waals surface area contributed by atoms with E-state index < -0.39 is 22.1 Å². The maximum atomic E-state index is 11.9. The van der Waals surface area contributed by atoms with Gasteiger partial charge in [0.25, 0.3) is 0 Å². The lowest BCUT2D eigenvalue weighted by Gasteiger charge is -2.10. The number of aliphatic hydroxyl groups excluding tert-OH is 1. The van der Waals surface area contributed by atoms with E-state index in [0.717, 1.165) is 0 Å². The van der Waals surface area contributed by atoms with E-state index in [0.29, 0.717) is 10.2 Å². The molecule has 0 amide bonds. The summed E-state index contributed by atoms with van der Waals surface area (Å²) in [6.45, 7) is -0.181. The lowest BCUT2D eigenvalue weighted by Crippen LogP contribution is -2.30. The predicted octanol–water partition coefficient (Wildman–Crippen LogP) is 0.572. The first-order chi connectivity index (χ1) is 9.27. The van der Waals surface area contributed by atoms with Gasteiger partial charge < -0.3 is 14.9 Å². The number of hydrogen-bond donors (Lipinski definition) is 3. The third-order valence-corrected chi connectivity index (χ3v) is 4.51. The van der Waals surface area contributed by atoms with Gasteiger partial charge in [-0.15, -0.1) is 0 Å². The summed E-state index contributed by atoms with van der Waals surface area (Å²) in [6.07, 6.45) is -1.81. The van der Waals surface area contributed by atoms with Crippen molar-refractivity contribution in [2.45, 2.75) is 17.4 Å². The van der Waals surface area contributed by atoms with Crippen molar-refractivity contribution in [1.82, 2.24) is 4.72 Å². The molecule has 0 radical (unpaired) electrons. The van der Waals surface area contributed by atoms with E-state index >= 15 is 0 Å². The molecule has 0 saturated carbocycles. The Morgan fingerprint density at radius 1 is 1.50 bits per heavy atom. The van der Waals surface area contributed by atoms with Crippen LogP contribution in [0.4, 0.5) is 0 Å². The number of benzene rings is 1. The van der Waals surface area contributed by atoms with Crippen LogP contribution >= 0.6 is 15.9 Å². The molecule has 0 aliphatic rings. The SMILES string of the molecule is COc1ccc(S(=O)(=O)NCCC(O)C(=O)O)cc1Br. The summed E-state index contributed by atoms with van der Waals surface area (Å²) in [6, 6.07) is 4.22. The first-order valence-electron chi connectivity index (χ1n) is 5.52. The molecule has 1 aromatic carbocycles. The first kappa shape index (κ1) is 16.9. The molecule has 0 aliphatic heterocycles. The van der Waals surface area contributed by atoms with E-state index in [2.05, 4.69) is 20.7 Å². The van der Waals surface area contributed by atoms with Gasteiger partial charge in [-0.3, -0.25) is 0 Å². The third kappa shape index (κ3) is 4.44. The van der Waals surface area contributed by atoms with Crippen LogP contribution in [-0.2, 0) is 14.8 Å². The molecule has 0 aliphatic carbocycles. The molecule has 112 valence electrons. The Morgan fingerprint density at radius 2 is 2.15 bits per heavy atom. The molecule has 3 N–H and O–H groups in total. The Labute approximate surface area is 124 Å². The van der Waals surface area contributed by atoms with E-state index in [4.69, 9.17) is 14.9 Å². The number of aliphatic hydroxyl groups is 1. The molecule has 0 spiro atoms. The molecule has 0 fully saturated rings. The number of rotatable bonds is 7. The fourth-order valence-corrected chi connectivity index (χ4v) is 3.12. The Morgan fingerprint density at radius 3 is 2.65 bits per heavy atom. The summed E-state index contributed by atoms with van der Waals surface area (Å²) in [5.74, 6) is -0.901. The minimum absolute atomic E-state index is 0.00925. The highest BCUT2D eigenvalue weighted by molar-refractivity contribution is 9.10. The molecule has 1 rings (SSSR count). The molecular formula is C11H14BrNO6S. The van der Waals surface area contributed by atoms with E-state index in [1.807, 2.05) is 0 Å². The highest BCUT2D eigenvalue weighted by atomic mass is 79.9. The van der Waals surface area contributed by atoms with Gasteiger partial charge in [-0.25, -0.2) is 17.9 Å². The molecule has 0 saturated heterocycles. The quantitative estimate of drug-likeness (QED) is 0.649. The van der Waals surface area contributed by atoms with E-state index in [9.17, 15) is 13.2 Å². The zero-order valence-electron chi connectivity index (χ0n) is 10.5. The van der Waals surface area contributed by atoms with Crippen molar-refractivity contribution in [2.75, 3.05) is 13.7 Å². The van der Waals surface area contributed by atoms with Crippen LogP contribution in [0.5, 0.6) is 5.75 Å². The van der Waals surface area contributed by atoms with Crippen LogP contribution in [0.25, 0.3) is 0 Å². The summed E-state index contributed by atoms with van der Waals surface area (Å²) < 4.78 is 31.6. The maximum Gasteiger partial charge on any atom is 0.332 e. The molecule has 1 unspecified atom stereocenters. The summed E-state index contributed by atoms with van der Waals surface area (Å²) in [4.78, 5) is 10.4. The number of halogens is 1.